The molecule has 12 heteroatoms. The summed E-state index contributed by atoms with van der Waals surface area (Å²) in [5, 5.41) is 2.61. The Morgan fingerprint density at radius 2 is 1.78 bits per heavy atom. The van der Waals surface area contributed by atoms with Crippen LogP contribution >= 0.6 is 0 Å². The number of benzene rings is 1. The number of nitrogens with zero attached hydrogens (tertiary/aromatic N) is 3. The minimum absolute atomic E-state index is 0.122. The number of aliphatic imine (C=N–C) groups is 1. The first kappa shape index (κ1) is 22.7. The van der Waals surface area contributed by atoms with Crippen LogP contribution in [0.25, 0.3) is 0 Å². The van der Waals surface area contributed by atoms with Gasteiger partial charge in [0.2, 0.25) is 22.3 Å². The van der Waals surface area contributed by atoms with Crippen LogP contribution in [0.15, 0.2) is 52.1 Å². The summed E-state index contributed by atoms with van der Waals surface area (Å²) in [5.41, 5.74) is -0.209. The quantitative estimate of drug-likeness (QED) is 0.709. The normalized spacial score (nSPS) is 24.0. The molecule has 2 fully saturated rings. The number of likely N-dealkylation sites (tertiary alicyclic amines) is 1. The molecule has 1 aromatic rings. The van der Waals surface area contributed by atoms with Crippen LogP contribution in [0.3, 0.4) is 0 Å². The highest BCUT2D eigenvalue weighted by Crippen LogP contribution is 2.43. The molecular formula is C20H23F3N4O4S. The summed E-state index contributed by atoms with van der Waals surface area (Å²) in [4.78, 5) is 18.9. The average molecular weight is 472 g/mol. The third-order valence-electron chi connectivity index (χ3n) is 6.01. The molecule has 1 amide bonds. The van der Waals surface area contributed by atoms with E-state index >= 15 is 0 Å². The fraction of sp³-hybridized carbons (Fsp3) is 0.500. The molecule has 3 heterocycles. The Morgan fingerprint density at radius 1 is 1.12 bits per heavy atom. The van der Waals surface area contributed by atoms with Crippen molar-refractivity contribution < 1.29 is 31.1 Å². The minimum atomic E-state index is -4.46. The Balaban J connectivity index is 1.36. The zero-order chi connectivity index (χ0) is 23.0. The fourth-order valence-electron chi connectivity index (χ4n) is 4.22. The van der Waals surface area contributed by atoms with E-state index in [1.54, 1.807) is 30.3 Å². The van der Waals surface area contributed by atoms with Crippen LogP contribution in [-0.4, -0.2) is 68.5 Å². The van der Waals surface area contributed by atoms with Crippen LogP contribution in [0.2, 0.25) is 0 Å². The van der Waals surface area contributed by atoms with Crippen molar-refractivity contribution in [2.24, 2.45) is 10.4 Å². The Morgan fingerprint density at radius 3 is 2.38 bits per heavy atom. The maximum absolute atomic E-state index is 13.2. The van der Waals surface area contributed by atoms with Crippen molar-refractivity contribution in [3.63, 3.8) is 0 Å². The van der Waals surface area contributed by atoms with Gasteiger partial charge >= 0.3 is 6.18 Å². The lowest BCUT2D eigenvalue weighted by molar-refractivity contribution is -0.186. The molecule has 1 unspecified atom stereocenters. The first-order valence-electron chi connectivity index (χ1n) is 10.2. The number of sulfonamides is 1. The molecule has 0 bridgehead atoms. The average Bonchev–Trinajstić information content (AvgIpc) is 3.09. The van der Waals surface area contributed by atoms with Gasteiger partial charge < -0.3 is 15.0 Å². The topological polar surface area (TPSA) is 91.3 Å². The van der Waals surface area contributed by atoms with Crippen molar-refractivity contribution >= 4 is 22.1 Å². The van der Waals surface area contributed by atoms with Crippen molar-refractivity contribution in [3.8, 4) is 0 Å². The molecule has 174 valence electrons. The van der Waals surface area contributed by atoms with E-state index in [-0.39, 0.29) is 23.9 Å². The number of rotatable bonds is 5. The molecule has 1 aromatic carbocycles. The number of hydrogen-bond acceptors (Lipinski definition) is 6. The molecule has 32 heavy (non-hydrogen) atoms. The number of carbonyl (C=O) groups is 1. The van der Waals surface area contributed by atoms with Crippen molar-refractivity contribution in [1.29, 1.82) is 0 Å². The standard InChI is InChI=1S/C20H23F3N4O4S/c21-20(22,23)14-31-18-24-12-15(13-25-18)27-11-8-19(17(27)28)6-9-26(10-7-19)32(29,30)16-4-2-1-3-5-16/h1-5,12-13,18,24H,6-11,14H2. The van der Waals surface area contributed by atoms with E-state index in [2.05, 4.69) is 15.0 Å². The predicted octanol–water partition coefficient (Wildman–Crippen LogP) is 2.07. The number of piperidine rings is 1. The summed E-state index contributed by atoms with van der Waals surface area (Å²) in [6.07, 6.45) is -1.50. The second-order valence-corrected chi connectivity index (χ2v) is 9.93. The summed E-state index contributed by atoms with van der Waals surface area (Å²) in [6.45, 7) is -0.512. The summed E-state index contributed by atoms with van der Waals surface area (Å²) in [6, 6.07) is 8.19. The van der Waals surface area contributed by atoms with Gasteiger partial charge in [-0.3, -0.25) is 4.79 Å². The fourth-order valence-corrected chi connectivity index (χ4v) is 5.68. The molecule has 4 rings (SSSR count). The minimum Gasteiger partial charge on any atom is -0.346 e. The number of alkyl halides is 3. The van der Waals surface area contributed by atoms with Gasteiger partial charge in [0.1, 0.15) is 6.61 Å². The molecule has 0 aliphatic carbocycles. The molecule has 1 spiro atoms. The first-order chi connectivity index (χ1) is 15.1. The second kappa shape index (κ2) is 8.49. The number of hydrogen-bond donors (Lipinski definition) is 1. The number of nitrogens with one attached hydrogen (secondary N) is 1. The number of ether oxygens (including phenoxy) is 1. The van der Waals surface area contributed by atoms with Gasteiger partial charge in [-0.15, -0.1) is 0 Å². The smallest absolute Gasteiger partial charge is 0.346 e. The summed E-state index contributed by atoms with van der Waals surface area (Å²) >= 11 is 0. The highest BCUT2D eigenvalue weighted by atomic mass is 32.2. The van der Waals surface area contributed by atoms with Crippen molar-refractivity contribution in [2.75, 3.05) is 26.2 Å². The lowest BCUT2D eigenvalue weighted by Crippen LogP contribution is -2.46. The molecule has 1 N–H and O–H groups in total. The number of allylic oxidation sites excluding steroid dienone is 1. The zero-order valence-electron chi connectivity index (χ0n) is 17.1. The molecule has 0 radical (unpaired) electrons. The Kier molecular flexibility index (Phi) is 6.03. The SMILES string of the molecule is O=C1N(C2=CNC(OCC(F)(F)F)N=C2)CCC12CCN(S(=O)(=O)c1ccccc1)CC2. The number of carbonyl (C=O) groups excluding carboxylic acids is 1. The molecule has 3 aliphatic rings. The van der Waals surface area contributed by atoms with Gasteiger partial charge in [0.15, 0.2) is 0 Å². The van der Waals surface area contributed by atoms with Crippen LogP contribution in [0.4, 0.5) is 13.2 Å². The lowest BCUT2D eigenvalue weighted by Gasteiger charge is -2.37. The van der Waals surface area contributed by atoms with Crippen LogP contribution in [0.1, 0.15) is 19.3 Å². The summed E-state index contributed by atoms with van der Waals surface area (Å²) in [5.74, 6) is -0.122. The zero-order valence-corrected chi connectivity index (χ0v) is 17.9. The molecule has 0 aromatic heterocycles. The molecule has 2 saturated heterocycles. The number of amides is 1. The summed E-state index contributed by atoms with van der Waals surface area (Å²) < 4.78 is 68.5. The van der Waals surface area contributed by atoms with Gasteiger partial charge in [-0.2, -0.15) is 17.5 Å². The van der Waals surface area contributed by atoms with E-state index < -0.39 is 34.6 Å². The van der Waals surface area contributed by atoms with Gasteiger partial charge in [-0.05, 0) is 31.4 Å². The molecule has 3 aliphatic heterocycles. The van der Waals surface area contributed by atoms with Crippen molar-refractivity contribution in [2.45, 2.75) is 36.7 Å². The van der Waals surface area contributed by atoms with Gasteiger partial charge in [0.05, 0.1) is 22.2 Å². The highest BCUT2D eigenvalue weighted by molar-refractivity contribution is 7.89. The van der Waals surface area contributed by atoms with Gasteiger partial charge in [-0.25, -0.2) is 13.4 Å². The van der Waals surface area contributed by atoms with E-state index in [4.69, 9.17) is 0 Å². The van der Waals surface area contributed by atoms with E-state index in [1.165, 1.54) is 21.6 Å². The van der Waals surface area contributed by atoms with Crippen LogP contribution in [-0.2, 0) is 19.6 Å². The monoisotopic (exact) mass is 472 g/mol. The largest absolute Gasteiger partial charge is 0.411 e. The van der Waals surface area contributed by atoms with E-state index in [0.717, 1.165) is 0 Å². The van der Waals surface area contributed by atoms with Crippen LogP contribution in [0, 0.1) is 5.41 Å². The third kappa shape index (κ3) is 4.52. The van der Waals surface area contributed by atoms with E-state index in [9.17, 15) is 26.4 Å². The number of halogens is 3. The Labute approximate surface area is 183 Å². The summed E-state index contributed by atoms with van der Waals surface area (Å²) in [7, 11) is -3.61. The van der Waals surface area contributed by atoms with Crippen molar-refractivity contribution in [3.05, 3.63) is 42.2 Å². The second-order valence-electron chi connectivity index (χ2n) is 8.00. The molecule has 0 saturated carbocycles. The Hall–Kier alpha value is -2.44. The van der Waals surface area contributed by atoms with Gasteiger partial charge in [0, 0.05) is 25.8 Å². The van der Waals surface area contributed by atoms with E-state index in [1.807, 2.05) is 0 Å². The van der Waals surface area contributed by atoms with Crippen LogP contribution < -0.4 is 5.32 Å². The molecule has 8 nitrogen and oxygen atoms in total. The molecular weight excluding hydrogens is 449 g/mol. The van der Waals surface area contributed by atoms with E-state index in [0.29, 0.717) is 31.5 Å². The Bertz CT molecular complexity index is 1020. The predicted molar refractivity (Wildman–Crippen MR) is 109 cm³/mol. The van der Waals surface area contributed by atoms with Gasteiger partial charge in [0.25, 0.3) is 0 Å². The van der Waals surface area contributed by atoms with Crippen LogP contribution in [0.5, 0.6) is 0 Å². The third-order valence-corrected chi connectivity index (χ3v) is 7.92. The highest BCUT2D eigenvalue weighted by Gasteiger charge is 2.50. The molecule has 1 atom stereocenters. The maximum Gasteiger partial charge on any atom is 0.411 e. The van der Waals surface area contributed by atoms with Crippen molar-refractivity contribution in [1.82, 2.24) is 14.5 Å². The first-order valence-corrected chi connectivity index (χ1v) is 11.6. The van der Waals surface area contributed by atoms with Gasteiger partial charge in [-0.1, -0.05) is 18.2 Å². The maximum atomic E-state index is 13.2. The lowest BCUT2D eigenvalue weighted by atomic mass is 9.77.